The molecule has 0 saturated carbocycles. The molecule has 3 heterocycles. The summed E-state index contributed by atoms with van der Waals surface area (Å²) in [6.45, 7) is 4.73. The number of aromatic nitrogens is 4. The number of hydrogen-bond donors (Lipinski definition) is 0. The minimum atomic E-state index is -0.198. The third-order valence-electron chi connectivity index (χ3n) is 12.0. The van der Waals surface area contributed by atoms with E-state index in [1.165, 1.54) is 43.8 Å². The van der Waals surface area contributed by atoms with Crippen LogP contribution in [0.25, 0.3) is 105 Å². The molecule has 0 radical (unpaired) electrons. The van der Waals surface area contributed by atoms with E-state index in [0.717, 1.165) is 55.3 Å². The standard InChI is InChI=1S/C52H34N4O/c1-52(2)41-26-24-31-14-9-10-21-36(31)46(41)40-29-39-37-25-27-45-47(38-22-11-12-23-44(38)57-45)48(37)56(43(39)30-42(40)52)35-20-13-19-34(28-35)51-54-49(32-15-5-3-6-16-32)53-50(55-51)33-17-7-4-8-18-33/h3-30H,1-2H3. The van der Waals surface area contributed by atoms with E-state index in [-0.39, 0.29) is 5.41 Å². The molecule has 3 aromatic heterocycles. The highest BCUT2D eigenvalue weighted by Gasteiger charge is 2.37. The normalized spacial score (nSPS) is 13.2. The molecule has 11 aromatic rings. The first kappa shape index (κ1) is 31.9. The number of furan rings is 1. The molecule has 0 atom stereocenters. The molecule has 0 fully saturated rings. The molecular formula is C52H34N4O. The Balaban J connectivity index is 1.16. The van der Waals surface area contributed by atoms with Crippen molar-refractivity contribution in [1.82, 2.24) is 19.5 Å². The summed E-state index contributed by atoms with van der Waals surface area (Å²) in [7, 11) is 0. The van der Waals surface area contributed by atoms with Crippen LogP contribution in [-0.4, -0.2) is 19.5 Å². The van der Waals surface area contributed by atoms with Crippen LogP contribution in [0.4, 0.5) is 0 Å². The van der Waals surface area contributed by atoms with Gasteiger partial charge in [-0.25, -0.2) is 15.0 Å². The highest BCUT2D eigenvalue weighted by molar-refractivity contribution is 6.25. The summed E-state index contributed by atoms with van der Waals surface area (Å²) in [5.41, 5.74) is 13.0. The summed E-state index contributed by atoms with van der Waals surface area (Å²) in [6, 6.07) is 59.9. The van der Waals surface area contributed by atoms with Gasteiger partial charge in [0.25, 0.3) is 0 Å². The second-order valence-electron chi connectivity index (χ2n) is 15.6. The van der Waals surface area contributed by atoms with Crippen LogP contribution < -0.4 is 0 Å². The molecule has 0 spiro atoms. The zero-order valence-corrected chi connectivity index (χ0v) is 31.4. The molecule has 268 valence electrons. The maximum Gasteiger partial charge on any atom is 0.164 e. The van der Waals surface area contributed by atoms with E-state index in [1.54, 1.807) is 0 Å². The molecule has 0 bridgehead atoms. The van der Waals surface area contributed by atoms with Crippen molar-refractivity contribution >= 4 is 54.5 Å². The van der Waals surface area contributed by atoms with Gasteiger partial charge in [0.15, 0.2) is 17.5 Å². The van der Waals surface area contributed by atoms with Crippen LogP contribution >= 0.6 is 0 Å². The maximum absolute atomic E-state index is 6.52. The first-order chi connectivity index (χ1) is 28.0. The Morgan fingerprint density at radius 1 is 0.474 bits per heavy atom. The second kappa shape index (κ2) is 11.8. The number of fused-ring (bicyclic) bond motifs is 12. The molecule has 0 N–H and O–H groups in total. The Morgan fingerprint density at radius 2 is 1.12 bits per heavy atom. The van der Waals surface area contributed by atoms with E-state index < -0.39 is 0 Å². The summed E-state index contributed by atoms with van der Waals surface area (Å²) in [4.78, 5) is 15.1. The first-order valence-corrected chi connectivity index (χ1v) is 19.4. The quantitative estimate of drug-likeness (QED) is 0.181. The molecule has 1 aliphatic rings. The van der Waals surface area contributed by atoms with Gasteiger partial charge in [-0.2, -0.15) is 0 Å². The summed E-state index contributed by atoms with van der Waals surface area (Å²) < 4.78 is 8.96. The average Bonchev–Trinajstić information content (AvgIpc) is 3.88. The van der Waals surface area contributed by atoms with Crippen molar-refractivity contribution < 1.29 is 4.42 Å². The van der Waals surface area contributed by atoms with Crippen LogP contribution in [0.2, 0.25) is 0 Å². The van der Waals surface area contributed by atoms with E-state index in [4.69, 9.17) is 19.4 Å². The predicted octanol–water partition coefficient (Wildman–Crippen LogP) is 13.3. The van der Waals surface area contributed by atoms with Gasteiger partial charge in [-0.1, -0.05) is 141 Å². The molecule has 1 aliphatic carbocycles. The van der Waals surface area contributed by atoms with Gasteiger partial charge < -0.3 is 8.98 Å². The van der Waals surface area contributed by atoms with Gasteiger partial charge in [0.05, 0.1) is 16.4 Å². The Bertz CT molecular complexity index is 3370. The third kappa shape index (κ3) is 4.66. The number of hydrogen-bond acceptors (Lipinski definition) is 4. The van der Waals surface area contributed by atoms with Crippen molar-refractivity contribution in [2.24, 2.45) is 0 Å². The maximum atomic E-state index is 6.52. The van der Waals surface area contributed by atoms with Crippen molar-refractivity contribution in [2.75, 3.05) is 0 Å². The van der Waals surface area contributed by atoms with Crippen molar-refractivity contribution in [2.45, 2.75) is 19.3 Å². The van der Waals surface area contributed by atoms with Gasteiger partial charge >= 0.3 is 0 Å². The van der Waals surface area contributed by atoms with Crippen LogP contribution in [0.1, 0.15) is 25.0 Å². The van der Waals surface area contributed by atoms with Gasteiger partial charge in [0.2, 0.25) is 0 Å². The molecule has 0 saturated heterocycles. The highest BCUT2D eigenvalue weighted by Crippen LogP contribution is 2.54. The predicted molar refractivity (Wildman–Crippen MR) is 233 cm³/mol. The molecule has 0 amide bonds. The fraction of sp³-hybridized carbons (Fsp3) is 0.0577. The summed E-state index contributed by atoms with van der Waals surface area (Å²) in [6.07, 6.45) is 0. The van der Waals surface area contributed by atoms with Gasteiger partial charge in [-0.05, 0) is 75.5 Å². The van der Waals surface area contributed by atoms with Crippen molar-refractivity contribution in [3.63, 3.8) is 0 Å². The lowest BCUT2D eigenvalue weighted by Gasteiger charge is -2.22. The number of benzene rings is 8. The zero-order chi connectivity index (χ0) is 37.8. The average molecular weight is 731 g/mol. The molecule has 0 aliphatic heterocycles. The SMILES string of the molecule is CC1(C)c2cc3c(cc2-c2c1ccc1ccccc21)c1ccc2oc4ccccc4c2c1n3-c1cccc(-c2nc(-c3ccccc3)nc(-c3ccccc3)n2)c1. The van der Waals surface area contributed by atoms with Gasteiger partial charge in [0.1, 0.15) is 11.2 Å². The lowest BCUT2D eigenvalue weighted by Crippen LogP contribution is -2.15. The molecule has 12 rings (SSSR count). The van der Waals surface area contributed by atoms with E-state index in [9.17, 15) is 0 Å². The summed E-state index contributed by atoms with van der Waals surface area (Å²) in [5, 5.41) is 7.14. The van der Waals surface area contributed by atoms with Gasteiger partial charge in [-0.15, -0.1) is 0 Å². The van der Waals surface area contributed by atoms with E-state index in [2.05, 4.69) is 122 Å². The number of rotatable bonds is 4. The summed E-state index contributed by atoms with van der Waals surface area (Å²) >= 11 is 0. The van der Waals surface area contributed by atoms with E-state index in [0.29, 0.717) is 17.5 Å². The van der Waals surface area contributed by atoms with Crippen LogP contribution in [0.5, 0.6) is 0 Å². The lowest BCUT2D eigenvalue weighted by molar-refractivity contribution is 0.661. The van der Waals surface area contributed by atoms with Crippen molar-refractivity contribution in [1.29, 1.82) is 0 Å². The number of nitrogens with zero attached hydrogens (tertiary/aromatic N) is 4. The highest BCUT2D eigenvalue weighted by atomic mass is 16.3. The van der Waals surface area contributed by atoms with Gasteiger partial charge in [0, 0.05) is 44.0 Å². The Hall–Kier alpha value is -7.37. The monoisotopic (exact) mass is 730 g/mol. The molecule has 8 aromatic carbocycles. The molecule has 57 heavy (non-hydrogen) atoms. The largest absolute Gasteiger partial charge is 0.456 e. The zero-order valence-electron chi connectivity index (χ0n) is 31.4. The fourth-order valence-electron chi connectivity index (χ4n) is 9.30. The smallest absolute Gasteiger partial charge is 0.164 e. The molecule has 5 heteroatoms. The van der Waals surface area contributed by atoms with Crippen LogP contribution in [-0.2, 0) is 5.41 Å². The Kier molecular flexibility index (Phi) is 6.62. The van der Waals surface area contributed by atoms with Crippen LogP contribution in [0.15, 0.2) is 174 Å². The van der Waals surface area contributed by atoms with Crippen LogP contribution in [0, 0.1) is 0 Å². The molecular weight excluding hydrogens is 697 g/mol. The minimum absolute atomic E-state index is 0.198. The Morgan fingerprint density at radius 3 is 1.88 bits per heavy atom. The lowest BCUT2D eigenvalue weighted by atomic mass is 9.82. The van der Waals surface area contributed by atoms with E-state index >= 15 is 0 Å². The first-order valence-electron chi connectivity index (χ1n) is 19.4. The van der Waals surface area contributed by atoms with E-state index in [1.807, 2.05) is 66.7 Å². The number of para-hydroxylation sites is 1. The minimum Gasteiger partial charge on any atom is -0.456 e. The Labute approximate surface area is 328 Å². The second-order valence-corrected chi connectivity index (χ2v) is 15.6. The molecule has 0 unspecified atom stereocenters. The van der Waals surface area contributed by atoms with Crippen LogP contribution in [0.3, 0.4) is 0 Å². The topological polar surface area (TPSA) is 56.7 Å². The van der Waals surface area contributed by atoms with Crippen molar-refractivity contribution in [3.05, 3.63) is 181 Å². The van der Waals surface area contributed by atoms with Gasteiger partial charge in [-0.3, -0.25) is 0 Å². The van der Waals surface area contributed by atoms with Crippen molar-refractivity contribution in [3.8, 4) is 51.0 Å². The third-order valence-corrected chi connectivity index (χ3v) is 12.0. The fourth-order valence-corrected chi connectivity index (χ4v) is 9.30. The summed E-state index contributed by atoms with van der Waals surface area (Å²) in [5.74, 6) is 1.89. The molecule has 5 nitrogen and oxygen atoms in total.